The maximum Gasteiger partial charge on any atom is 0.211 e. The van der Waals surface area contributed by atoms with E-state index >= 15 is 0 Å². The first-order valence-corrected chi connectivity index (χ1v) is 7.00. The van der Waals surface area contributed by atoms with Gasteiger partial charge in [0.25, 0.3) is 0 Å². The number of rotatable bonds is 7. The highest BCUT2D eigenvalue weighted by molar-refractivity contribution is 5.88. The molecule has 1 heterocycles. The third kappa shape index (κ3) is 4.18. The predicted molar refractivity (Wildman–Crippen MR) is 88.1 cm³/mol. The van der Waals surface area contributed by atoms with Crippen LogP contribution in [0.5, 0.6) is 0 Å². The number of hydrogen-bond acceptors (Lipinski definition) is 3. The third-order valence-corrected chi connectivity index (χ3v) is 3.02. The summed E-state index contributed by atoms with van der Waals surface area (Å²) < 4.78 is 0. The molecule has 0 bridgehead atoms. The van der Waals surface area contributed by atoms with Gasteiger partial charge in [0.2, 0.25) is 6.41 Å². The smallest absolute Gasteiger partial charge is 0.211 e. The first-order chi connectivity index (χ1) is 10.3. The van der Waals surface area contributed by atoms with Gasteiger partial charge in [0.1, 0.15) is 0 Å². The molecular formula is C17H19N3O. The minimum absolute atomic E-state index is 0.697. The topological polar surface area (TPSA) is 54.0 Å². The molecule has 21 heavy (non-hydrogen) atoms. The molecule has 0 aliphatic carbocycles. The first-order valence-electron chi connectivity index (χ1n) is 7.00. The molecule has 1 amide bonds. The van der Waals surface area contributed by atoms with Gasteiger partial charge < -0.3 is 10.6 Å². The van der Waals surface area contributed by atoms with Gasteiger partial charge in [-0.05, 0) is 35.7 Å². The molecule has 108 valence electrons. The van der Waals surface area contributed by atoms with Crippen molar-refractivity contribution in [3.05, 3.63) is 53.9 Å². The van der Waals surface area contributed by atoms with Gasteiger partial charge in [0, 0.05) is 18.9 Å². The van der Waals surface area contributed by atoms with E-state index in [9.17, 15) is 4.79 Å². The molecule has 2 aromatic rings. The Balaban J connectivity index is 2.30. The Hall–Kier alpha value is -2.62. The molecular weight excluding hydrogens is 262 g/mol. The molecule has 0 radical (unpaired) electrons. The second-order valence-electron chi connectivity index (χ2n) is 4.57. The Morgan fingerprint density at radius 2 is 1.95 bits per heavy atom. The van der Waals surface area contributed by atoms with E-state index in [0.29, 0.717) is 6.41 Å². The van der Waals surface area contributed by atoms with E-state index in [-0.39, 0.29) is 0 Å². The van der Waals surface area contributed by atoms with Gasteiger partial charge in [-0.1, -0.05) is 31.2 Å². The lowest BCUT2D eigenvalue weighted by molar-refractivity contribution is -0.105. The molecule has 4 heteroatoms. The lowest BCUT2D eigenvalue weighted by atomic mass is 10.1. The van der Waals surface area contributed by atoms with E-state index in [2.05, 4.69) is 22.5 Å². The second-order valence-corrected chi connectivity index (χ2v) is 4.57. The molecule has 0 saturated heterocycles. The van der Waals surface area contributed by atoms with Gasteiger partial charge in [-0.2, -0.15) is 0 Å². The fourth-order valence-corrected chi connectivity index (χ4v) is 2.00. The maximum absolute atomic E-state index is 10.7. The highest BCUT2D eigenvalue weighted by Gasteiger charge is 2.05. The van der Waals surface area contributed by atoms with Crippen LogP contribution in [0, 0.1) is 0 Å². The molecule has 4 nitrogen and oxygen atoms in total. The van der Waals surface area contributed by atoms with Crippen LogP contribution >= 0.6 is 0 Å². The van der Waals surface area contributed by atoms with Crippen molar-refractivity contribution in [2.45, 2.75) is 13.3 Å². The number of anilines is 2. The summed E-state index contributed by atoms with van der Waals surface area (Å²) in [6.07, 6.45) is 9.30. The van der Waals surface area contributed by atoms with E-state index in [0.717, 1.165) is 35.5 Å². The SMILES string of the molecule is CCCNc1c(/C=C/c2ccncc2)cccc1NC=O. The van der Waals surface area contributed by atoms with E-state index in [4.69, 9.17) is 0 Å². The van der Waals surface area contributed by atoms with Gasteiger partial charge in [-0.3, -0.25) is 9.78 Å². The van der Waals surface area contributed by atoms with Crippen molar-refractivity contribution in [3.63, 3.8) is 0 Å². The van der Waals surface area contributed by atoms with Crippen LogP contribution in [0.2, 0.25) is 0 Å². The van der Waals surface area contributed by atoms with Crippen LogP contribution in [0.4, 0.5) is 11.4 Å². The summed E-state index contributed by atoms with van der Waals surface area (Å²) in [4.78, 5) is 14.7. The molecule has 0 fully saturated rings. The van der Waals surface area contributed by atoms with E-state index in [1.165, 1.54) is 0 Å². The average molecular weight is 281 g/mol. The number of carbonyl (C=O) groups is 1. The normalized spacial score (nSPS) is 10.5. The molecule has 0 saturated carbocycles. The Kier molecular flexibility index (Phi) is 5.52. The van der Waals surface area contributed by atoms with Crippen LogP contribution in [0.25, 0.3) is 12.2 Å². The van der Waals surface area contributed by atoms with Crippen LogP contribution in [0.3, 0.4) is 0 Å². The van der Waals surface area contributed by atoms with Crippen molar-refractivity contribution < 1.29 is 4.79 Å². The molecule has 1 aromatic heterocycles. The number of nitrogens with zero attached hydrogens (tertiary/aromatic N) is 1. The van der Waals surface area contributed by atoms with Gasteiger partial charge in [-0.15, -0.1) is 0 Å². The quantitative estimate of drug-likeness (QED) is 0.762. The molecule has 0 aliphatic rings. The monoisotopic (exact) mass is 281 g/mol. The Morgan fingerprint density at radius 3 is 2.67 bits per heavy atom. The number of carbonyl (C=O) groups excluding carboxylic acids is 1. The van der Waals surface area contributed by atoms with E-state index < -0.39 is 0 Å². The maximum atomic E-state index is 10.7. The predicted octanol–water partition coefficient (Wildman–Crippen LogP) is 3.64. The summed E-state index contributed by atoms with van der Waals surface area (Å²) in [6.45, 7) is 2.96. The minimum atomic E-state index is 0.697. The largest absolute Gasteiger partial charge is 0.383 e. The number of amides is 1. The fourth-order valence-electron chi connectivity index (χ4n) is 2.00. The molecule has 2 N–H and O–H groups in total. The van der Waals surface area contributed by atoms with Crippen molar-refractivity contribution in [1.29, 1.82) is 0 Å². The fraction of sp³-hybridized carbons (Fsp3) is 0.176. The Morgan fingerprint density at radius 1 is 1.14 bits per heavy atom. The Bertz CT molecular complexity index is 609. The van der Waals surface area contributed by atoms with Crippen molar-refractivity contribution >= 4 is 29.9 Å². The average Bonchev–Trinajstić information content (AvgIpc) is 2.53. The highest BCUT2D eigenvalue weighted by atomic mass is 16.1. The van der Waals surface area contributed by atoms with Crippen LogP contribution in [0.1, 0.15) is 24.5 Å². The van der Waals surface area contributed by atoms with Crippen molar-refractivity contribution in [2.24, 2.45) is 0 Å². The number of nitrogens with one attached hydrogen (secondary N) is 2. The second kappa shape index (κ2) is 7.85. The Labute approximate surface area is 124 Å². The highest BCUT2D eigenvalue weighted by Crippen LogP contribution is 2.27. The number of pyridine rings is 1. The van der Waals surface area contributed by atoms with Crippen molar-refractivity contribution in [3.8, 4) is 0 Å². The van der Waals surface area contributed by atoms with Crippen molar-refractivity contribution in [1.82, 2.24) is 4.98 Å². The summed E-state index contributed by atoms with van der Waals surface area (Å²) in [7, 11) is 0. The van der Waals surface area contributed by atoms with E-state index in [1.807, 2.05) is 42.5 Å². The van der Waals surface area contributed by atoms with Gasteiger partial charge in [0.15, 0.2) is 0 Å². The zero-order chi connectivity index (χ0) is 14.9. The lowest BCUT2D eigenvalue weighted by Gasteiger charge is -2.13. The molecule has 1 aromatic carbocycles. The van der Waals surface area contributed by atoms with Crippen LogP contribution in [-0.4, -0.2) is 17.9 Å². The van der Waals surface area contributed by atoms with Crippen LogP contribution in [-0.2, 0) is 4.79 Å². The summed E-state index contributed by atoms with van der Waals surface area (Å²) in [5, 5.41) is 6.10. The first kappa shape index (κ1) is 14.8. The number of hydrogen-bond donors (Lipinski definition) is 2. The molecule has 0 aliphatic heterocycles. The zero-order valence-electron chi connectivity index (χ0n) is 12.0. The molecule has 0 unspecified atom stereocenters. The summed E-state index contributed by atoms with van der Waals surface area (Å²) >= 11 is 0. The van der Waals surface area contributed by atoms with E-state index in [1.54, 1.807) is 12.4 Å². The molecule has 0 atom stereocenters. The minimum Gasteiger partial charge on any atom is -0.383 e. The van der Waals surface area contributed by atoms with Crippen LogP contribution in [0.15, 0.2) is 42.7 Å². The number of aromatic nitrogens is 1. The van der Waals surface area contributed by atoms with Gasteiger partial charge in [0.05, 0.1) is 11.4 Å². The summed E-state index contributed by atoms with van der Waals surface area (Å²) in [6, 6.07) is 9.73. The third-order valence-electron chi connectivity index (χ3n) is 3.02. The van der Waals surface area contributed by atoms with Gasteiger partial charge >= 0.3 is 0 Å². The molecule has 0 spiro atoms. The lowest BCUT2D eigenvalue weighted by Crippen LogP contribution is -2.06. The summed E-state index contributed by atoms with van der Waals surface area (Å²) in [5.74, 6) is 0. The van der Waals surface area contributed by atoms with Gasteiger partial charge in [-0.25, -0.2) is 0 Å². The summed E-state index contributed by atoms with van der Waals surface area (Å²) in [5.41, 5.74) is 3.85. The number of para-hydroxylation sites is 1. The standard InChI is InChI=1S/C17H19N3O/c1-2-10-19-17-15(4-3-5-16(17)20-13-21)7-6-14-8-11-18-12-9-14/h3-9,11-13,19H,2,10H2,1H3,(H,20,21)/b7-6+. The zero-order valence-corrected chi connectivity index (χ0v) is 12.0. The number of benzene rings is 1. The molecule has 2 rings (SSSR count). The van der Waals surface area contributed by atoms with Crippen molar-refractivity contribution in [2.75, 3.05) is 17.2 Å². The van der Waals surface area contributed by atoms with Crippen LogP contribution < -0.4 is 10.6 Å².